The molecule has 3 rings (SSSR count). The van der Waals surface area contributed by atoms with Gasteiger partial charge in [0.2, 0.25) is 0 Å². The molecular formula is C15H18N4O. The van der Waals surface area contributed by atoms with Gasteiger partial charge in [0.1, 0.15) is 5.82 Å². The molecule has 1 aliphatic rings. The summed E-state index contributed by atoms with van der Waals surface area (Å²) in [6.07, 6.45) is 4.54. The van der Waals surface area contributed by atoms with Gasteiger partial charge in [0.25, 0.3) is 0 Å². The van der Waals surface area contributed by atoms with Crippen LogP contribution in [-0.2, 0) is 19.4 Å². The standard InChI is InChI=1S/C15H18N4O/c20-15(17-11-6-2-1-3-7-11)16-10-14-18-12-8-4-5-9-13(12)19-14/h1-3,6-7H,4-5,8-10H2,(H,18,19)(H2,16,17,20). The number of para-hydroxylation sites is 1. The van der Waals surface area contributed by atoms with Crippen molar-refractivity contribution in [3.05, 3.63) is 47.5 Å². The average molecular weight is 270 g/mol. The second-order valence-electron chi connectivity index (χ2n) is 4.99. The van der Waals surface area contributed by atoms with Gasteiger partial charge in [0.15, 0.2) is 0 Å². The minimum absolute atomic E-state index is 0.217. The summed E-state index contributed by atoms with van der Waals surface area (Å²) >= 11 is 0. The molecule has 1 heterocycles. The van der Waals surface area contributed by atoms with Gasteiger partial charge in [-0.25, -0.2) is 9.78 Å². The van der Waals surface area contributed by atoms with Crippen LogP contribution in [0.5, 0.6) is 0 Å². The molecule has 2 aromatic rings. The lowest BCUT2D eigenvalue weighted by atomic mass is 10.0. The monoisotopic (exact) mass is 270 g/mol. The topological polar surface area (TPSA) is 69.8 Å². The molecule has 0 saturated heterocycles. The number of hydrogen-bond acceptors (Lipinski definition) is 2. The smallest absolute Gasteiger partial charge is 0.319 e. The first-order valence-electron chi connectivity index (χ1n) is 6.98. The van der Waals surface area contributed by atoms with Crippen LogP contribution in [0.4, 0.5) is 10.5 Å². The molecule has 1 aromatic heterocycles. The van der Waals surface area contributed by atoms with E-state index in [-0.39, 0.29) is 6.03 Å². The fraction of sp³-hybridized carbons (Fsp3) is 0.333. The van der Waals surface area contributed by atoms with Crippen molar-refractivity contribution < 1.29 is 4.79 Å². The Hall–Kier alpha value is -2.30. The van der Waals surface area contributed by atoms with Gasteiger partial charge in [-0.3, -0.25) is 0 Å². The highest BCUT2D eigenvalue weighted by Crippen LogP contribution is 2.18. The van der Waals surface area contributed by atoms with Crippen LogP contribution in [0.25, 0.3) is 0 Å². The van der Waals surface area contributed by atoms with Gasteiger partial charge in [0.05, 0.1) is 12.2 Å². The fourth-order valence-electron chi connectivity index (χ4n) is 2.46. The Morgan fingerprint density at radius 2 is 2.00 bits per heavy atom. The van der Waals surface area contributed by atoms with Crippen molar-refractivity contribution >= 4 is 11.7 Å². The summed E-state index contributed by atoms with van der Waals surface area (Å²) in [5.74, 6) is 0.833. The second-order valence-corrected chi connectivity index (χ2v) is 4.99. The molecule has 0 fully saturated rings. The Labute approximate surface area is 117 Å². The van der Waals surface area contributed by atoms with Crippen LogP contribution in [0.2, 0.25) is 0 Å². The largest absolute Gasteiger partial charge is 0.344 e. The molecule has 3 N–H and O–H groups in total. The van der Waals surface area contributed by atoms with Crippen molar-refractivity contribution in [3.63, 3.8) is 0 Å². The molecular weight excluding hydrogens is 252 g/mol. The maximum atomic E-state index is 11.8. The summed E-state index contributed by atoms with van der Waals surface area (Å²) in [6.45, 7) is 0.422. The number of aromatic amines is 1. The second kappa shape index (κ2) is 5.77. The van der Waals surface area contributed by atoms with Crippen LogP contribution in [0.1, 0.15) is 30.1 Å². The first kappa shape index (κ1) is 12.7. The van der Waals surface area contributed by atoms with E-state index in [1.54, 1.807) is 0 Å². The quantitative estimate of drug-likeness (QED) is 0.802. The van der Waals surface area contributed by atoms with Crippen LogP contribution in [0, 0.1) is 0 Å². The number of carbonyl (C=O) groups is 1. The molecule has 20 heavy (non-hydrogen) atoms. The maximum Gasteiger partial charge on any atom is 0.319 e. The molecule has 1 aliphatic carbocycles. The van der Waals surface area contributed by atoms with E-state index in [0.29, 0.717) is 6.54 Å². The maximum absolute atomic E-state index is 11.8. The van der Waals surface area contributed by atoms with Crippen LogP contribution in [0.3, 0.4) is 0 Å². The highest BCUT2D eigenvalue weighted by Gasteiger charge is 2.14. The number of amides is 2. The number of rotatable bonds is 3. The lowest BCUT2D eigenvalue weighted by Gasteiger charge is -2.07. The first-order valence-corrected chi connectivity index (χ1v) is 6.98. The van der Waals surface area contributed by atoms with Gasteiger partial charge in [0, 0.05) is 11.4 Å². The average Bonchev–Trinajstić information content (AvgIpc) is 2.89. The number of hydrogen-bond donors (Lipinski definition) is 3. The number of anilines is 1. The SMILES string of the molecule is O=C(NCc1nc2c([nH]1)CCCC2)Nc1ccccc1. The van der Waals surface area contributed by atoms with Gasteiger partial charge in [-0.2, -0.15) is 0 Å². The van der Waals surface area contributed by atoms with Crippen molar-refractivity contribution in [2.45, 2.75) is 32.2 Å². The highest BCUT2D eigenvalue weighted by atomic mass is 16.2. The van der Waals surface area contributed by atoms with Crippen LogP contribution < -0.4 is 10.6 Å². The van der Waals surface area contributed by atoms with E-state index in [0.717, 1.165) is 30.0 Å². The number of imidazole rings is 1. The number of nitrogens with one attached hydrogen (secondary N) is 3. The van der Waals surface area contributed by atoms with E-state index in [9.17, 15) is 4.79 Å². The number of nitrogens with zero attached hydrogens (tertiary/aromatic N) is 1. The van der Waals surface area contributed by atoms with Crippen LogP contribution >= 0.6 is 0 Å². The Bertz CT molecular complexity index is 568. The molecule has 0 saturated carbocycles. The summed E-state index contributed by atoms with van der Waals surface area (Å²) in [5.41, 5.74) is 3.18. The number of fused-ring (bicyclic) bond motifs is 1. The van der Waals surface area contributed by atoms with Crippen molar-refractivity contribution in [3.8, 4) is 0 Å². The van der Waals surface area contributed by atoms with E-state index >= 15 is 0 Å². The molecule has 104 valence electrons. The van der Waals surface area contributed by atoms with E-state index in [1.807, 2.05) is 30.3 Å². The molecule has 1 aromatic carbocycles. The molecule has 0 aliphatic heterocycles. The summed E-state index contributed by atoms with van der Waals surface area (Å²) in [7, 11) is 0. The predicted molar refractivity (Wildman–Crippen MR) is 77.5 cm³/mol. The van der Waals surface area contributed by atoms with Crippen molar-refractivity contribution in [1.82, 2.24) is 15.3 Å². The summed E-state index contributed by atoms with van der Waals surface area (Å²) in [6, 6.07) is 9.17. The summed E-state index contributed by atoms with van der Waals surface area (Å²) in [5, 5.41) is 5.59. The third-order valence-electron chi connectivity index (χ3n) is 3.45. The molecule has 0 radical (unpaired) electrons. The van der Waals surface area contributed by atoms with E-state index in [2.05, 4.69) is 20.6 Å². The number of urea groups is 1. The molecule has 5 nitrogen and oxygen atoms in total. The Balaban J connectivity index is 1.54. The van der Waals surface area contributed by atoms with E-state index < -0.39 is 0 Å². The Kier molecular flexibility index (Phi) is 3.67. The van der Waals surface area contributed by atoms with Gasteiger partial charge in [-0.05, 0) is 37.8 Å². The van der Waals surface area contributed by atoms with Crippen LogP contribution in [0.15, 0.2) is 30.3 Å². The highest BCUT2D eigenvalue weighted by molar-refractivity contribution is 5.89. The molecule has 5 heteroatoms. The molecule has 0 atom stereocenters. The molecule has 2 amide bonds. The van der Waals surface area contributed by atoms with Crippen LogP contribution in [-0.4, -0.2) is 16.0 Å². The molecule has 0 spiro atoms. The Morgan fingerprint density at radius 3 is 2.80 bits per heavy atom. The third-order valence-corrected chi connectivity index (χ3v) is 3.45. The lowest BCUT2D eigenvalue weighted by molar-refractivity contribution is 0.251. The van der Waals surface area contributed by atoms with Gasteiger partial charge >= 0.3 is 6.03 Å². The summed E-state index contributed by atoms with van der Waals surface area (Å²) < 4.78 is 0. The number of aromatic nitrogens is 2. The predicted octanol–water partition coefficient (Wildman–Crippen LogP) is 2.61. The van der Waals surface area contributed by atoms with Crippen molar-refractivity contribution in [1.29, 1.82) is 0 Å². The van der Waals surface area contributed by atoms with E-state index in [4.69, 9.17) is 0 Å². The summed E-state index contributed by atoms with van der Waals surface area (Å²) in [4.78, 5) is 19.6. The minimum Gasteiger partial charge on any atom is -0.344 e. The Morgan fingerprint density at radius 1 is 1.20 bits per heavy atom. The first-order chi connectivity index (χ1) is 9.81. The normalized spacial score (nSPS) is 13.6. The van der Waals surface area contributed by atoms with Crippen molar-refractivity contribution in [2.75, 3.05) is 5.32 Å². The fourth-order valence-corrected chi connectivity index (χ4v) is 2.46. The minimum atomic E-state index is -0.217. The van der Waals surface area contributed by atoms with Gasteiger partial charge in [-0.15, -0.1) is 0 Å². The van der Waals surface area contributed by atoms with Gasteiger partial charge < -0.3 is 15.6 Å². The van der Waals surface area contributed by atoms with Crippen molar-refractivity contribution in [2.24, 2.45) is 0 Å². The zero-order valence-electron chi connectivity index (χ0n) is 11.3. The number of carbonyl (C=O) groups excluding carboxylic acids is 1. The van der Waals surface area contributed by atoms with Gasteiger partial charge in [-0.1, -0.05) is 18.2 Å². The number of benzene rings is 1. The zero-order valence-corrected chi connectivity index (χ0v) is 11.3. The molecule has 0 bridgehead atoms. The number of H-pyrrole nitrogens is 1. The molecule has 0 unspecified atom stereocenters. The third kappa shape index (κ3) is 2.99. The number of aryl methyl sites for hydroxylation is 2. The zero-order chi connectivity index (χ0) is 13.8. The van der Waals surface area contributed by atoms with E-state index in [1.165, 1.54) is 18.5 Å². The lowest BCUT2D eigenvalue weighted by Crippen LogP contribution is -2.28.